The third-order valence-corrected chi connectivity index (χ3v) is 10.9. The molecule has 9 nitrogen and oxygen atoms in total. The number of ether oxygens (including phenoxy) is 2. The van der Waals surface area contributed by atoms with E-state index in [4.69, 9.17) is 9.47 Å². The van der Waals surface area contributed by atoms with Crippen LogP contribution in [0.3, 0.4) is 0 Å². The summed E-state index contributed by atoms with van der Waals surface area (Å²) in [6.45, 7) is 3.69. The molecule has 0 saturated carbocycles. The van der Waals surface area contributed by atoms with E-state index in [-0.39, 0.29) is 12.5 Å². The lowest BCUT2D eigenvalue weighted by Crippen LogP contribution is -2.60. The molecule has 7 unspecified atom stereocenters. The van der Waals surface area contributed by atoms with Crippen LogP contribution in [0, 0.1) is 0 Å². The van der Waals surface area contributed by atoms with Crippen molar-refractivity contribution in [1.29, 1.82) is 0 Å². The molecule has 7 atom stereocenters. The summed E-state index contributed by atoms with van der Waals surface area (Å²) in [6.07, 6.45) is 41.2. The van der Waals surface area contributed by atoms with Gasteiger partial charge in [-0.25, -0.2) is 0 Å². The molecule has 0 aromatic rings. The average molecular weight is 806 g/mol. The third kappa shape index (κ3) is 29.1. The Morgan fingerprint density at radius 3 is 1.58 bits per heavy atom. The molecule has 0 spiro atoms. The van der Waals surface area contributed by atoms with E-state index in [1.807, 2.05) is 0 Å². The summed E-state index contributed by atoms with van der Waals surface area (Å²) in [5, 5.41) is 54.3. The Bertz CT molecular complexity index is 1030. The number of unbranched alkanes of at least 4 members (excludes halogenated alkanes) is 20. The maximum Gasteiger partial charge on any atom is 0.220 e. The Labute approximate surface area is 348 Å². The summed E-state index contributed by atoms with van der Waals surface area (Å²) in [4.78, 5) is 12.9. The van der Waals surface area contributed by atoms with Crippen LogP contribution in [0.15, 0.2) is 48.6 Å². The highest BCUT2D eigenvalue weighted by molar-refractivity contribution is 5.76. The van der Waals surface area contributed by atoms with Gasteiger partial charge in [-0.05, 0) is 51.4 Å². The molecule has 9 heteroatoms. The summed E-state index contributed by atoms with van der Waals surface area (Å²) in [5.41, 5.74) is 0. The number of hydrogen-bond acceptors (Lipinski definition) is 8. The van der Waals surface area contributed by atoms with Crippen LogP contribution in [0.1, 0.15) is 194 Å². The molecular weight excluding hydrogens is 719 g/mol. The Balaban J connectivity index is 2.35. The first-order valence-corrected chi connectivity index (χ1v) is 23.3. The topological polar surface area (TPSA) is 149 Å². The first-order valence-electron chi connectivity index (χ1n) is 23.3. The van der Waals surface area contributed by atoms with Gasteiger partial charge in [0.15, 0.2) is 6.29 Å². The largest absolute Gasteiger partial charge is 0.394 e. The van der Waals surface area contributed by atoms with E-state index in [1.54, 1.807) is 0 Å². The molecule has 1 aliphatic rings. The fourth-order valence-electron chi connectivity index (χ4n) is 7.21. The van der Waals surface area contributed by atoms with Gasteiger partial charge in [-0.3, -0.25) is 4.79 Å². The second kappa shape index (κ2) is 38.4. The van der Waals surface area contributed by atoms with Gasteiger partial charge in [-0.2, -0.15) is 0 Å². The van der Waals surface area contributed by atoms with Crippen LogP contribution >= 0.6 is 0 Å². The molecule has 0 bridgehead atoms. The van der Waals surface area contributed by atoms with Crippen molar-refractivity contribution in [2.75, 3.05) is 13.2 Å². The van der Waals surface area contributed by atoms with Crippen LogP contribution in [0.5, 0.6) is 0 Å². The van der Waals surface area contributed by atoms with Crippen molar-refractivity contribution >= 4 is 5.91 Å². The van der Waals surface area contributed by atoms with Gasteiger partial charge in [0, 0.05) is 6.42 Å². The second-order valence-electron chi connectivity index (χ2n) is 16.2. The van der Waals surface area contributed by atoms with Crippen LogP contribution < -0.4 is 5.32 Å². The van der Waals surface area contributed by atoms with Crippen LogP contribution in [-0.4, -0.2) is 87.5 Å². The third-order valence-electron chi connectivity index (χ3n) is 10.9. The Kier molecular flexibility index (Phi) is 35.8. The Hall–Kier alpha value is -1.85. The number of rotatable bonds is 38. The molecule has 1 aliphatic heterocycles. The van der Waals surface area contributed by atoms with E-state index in [1.165, 1.54) is 103 Å². The van der Waals surface area contributed by atoms with Crippen LogP contribution in [0.4, 0.5) is 0 Å². The molecule has 332 valence electrons. The molecule has 1 heterocycles. The van der Waals surface area contributed by atoms with Crippen molar-refractivity contribution < 1.29 is 39.8 Å². The highest BCUT2D eigenvalue weighted by Crippen LogP contribution is 2.23. The van der Waals surface area contributed by atoms with E-state index in [0.717, 1.165) is 57.8 Å². The lowest BCUT2D eigenvalue weighted by atomic mass is 9.99. The monoisotopic (exact) mass is 806 g/mol. The van der Waals surface area contributed by atoms with Gasteiger partial charge in [0.1, 0.15) is 24.4 Å². The van der Waals surface area contributed by atoms with Crippen molar-refractivity contribution in [3.8, 4) is 0 Å². The number of nitrogens with one attached hydrogen (secondary N) is 1. The fraction of sp³-hybridized carbons (Fsp3) is 0.812. The average Bonchev–Trinajstić information content (AvgIpc) is 3.21. The number of hydrogen-bond donors (Lipinski definition) is 6. The molecule has 6 N–H and O–H groups in total. The summed E-state index contributed by atoms with van der Waals surface area (Å²) in [5.74, 6) is -0.185. The van der Waals surface area contributed by atoms with E-state index in [2.05, 4.69) is 67.8 Å². The van der Waals surface area contributed by atoms with Crippen molar-refractivity contribution in [2.24, 2.45) is 0 Å². The predicted octanol–water partition coefficient (Wildman–Crippen LogP) is 9.84. The Morgan fingerprint density at radius 2 is 1.09 bits per heavy atom. The van der Waals surface area contributed by atoms with Gasteiger partial charge in [-0.1, -0.05) is 184 Å². The molecule has 1 fully saturated rings. The molecule has 1 amide bonds. The van der Waals surface area contributed by atoms with E-state index in [0.29, 0.717) is 19.3 Å². The number of allylic oxidation sites excluding steroid dienone is 8. The first kappa shape index (κ1) is 53.2. The molecule has 0 aliphatic carbocycles. The van der Waals surface area contributed by atoms with Gasteiger partial charge in [-0.15, -0.1) is 0 Å². The Morgan fingerprint density at radius 1 is 0.614 bits per heavy atom. The van der Waals surface area contributed by atoms with Crippen LogP contribution in [-0.2, 0) is 14.3 Å². The number of aliphatic hydroxyl groups excluding tert-OH is 5. The number of aliphatic hydroxyl groups is 5. The predicted molar refractivity (Wildman–Crippen MR) is 235 cm³/mol. The molecule has 0 aromatic heterocycles. The smallest absolute Gasteiger partial charge is 0.220 e. The minimum Gasteiger partial charge on any atom is -0.394 e. The van der Waals surface area contributed by atoms with Gasteiger partial charge in [0.25, 0.3) is 0 Å². The van der Waals surface area contributed by atoms with Crippen LogP contribution in [0.2, 0.25) is 0 Å². The molecular formula is C48H87NO8. The fourth-order valence-corrected chi connectivity index (χ4v) is 7.21. The molecule has 0 radical (unpaired) electrons. The maximum atomic E-state index is 12.9. The van der Waals surface area contributed by atoms with Crippen LogP contribution in [0.25, 0.3) is 0 Å². The maximum absolute atomic E-state index is 12.9. The summed E-state index contributed by atoms with van der Waals surface area (Å²) < 4.78 is 11.2. The highest BCUT2D eigenvalue weighted by atomic mass is 16.7. The SMILES string of the molecule is CC/C=C\C/C=C\C/C=C\C/C=C\CCCCC(=O)NC(COC1OC(CO)C(O)C(O)C1O)C(O)CCCCCCCCCCCCCCCCCCCCC. The van der Waals surface area contributed by atoms with Gasteiger partial charge in [0.05, 0.1) is 25.4 Å². The van der Waals surface area contributed by atoms with E-state index in [9.17, 15) is 30.3 Å². The number of carbonyl (C=O) groups excluding carboxylic acids is 1. The normalized spacial score (nSPS) is 21.4. The van der Waals surface area contributed by atoms with Crippen molar-refractivity contribution in [3.63, 3.8) is 0 Å². The molecule has 1 saturated heterocycles. The quantitative estimate of drug-likeness (QED) is 0.0267. The van der Waals surface area contributed by atoms with Crippen molar-refractivity contribution in [2.45, 2.75) is 236 Å². The minimum atomic E-state index is -1.56. The summed E-state index contributed by atoms with van der Waals surface area (Å²) in [7, 11) is 0. The van der Waals surface area contributed by atoms with Gasteiger partial charge >= 0.3 is 0 Å². The van der Waals surface area contributed by atoms with Gasteiger partial charge < -0.3 is 40.3 Å². The molecule has 57 heavy (non-hydrogen) atoms. The lowest BCUT2D eigenvalue weighted by molar-refractivity contribution is -0.302. The first-order chi connectivity index (χ1) is 27.8. The summed E-state index contributed by atoms with van der Waals surface area (Å²) in [6, 6.07) is -0.741. The van der Waals surface area contributed by atoms with Gasteiger partial charge in [0.2, 0.25) is 5.91 Å². The summed E-state index contributed by atoms with van der Waals surface area (Å²) >= 11 is 0. The highest BCUT2D eigenvalue weighted by Gasteiger charge is 2.44. The standard InChI is InChI=1S/C48H87NO8/c1-3-5-7-9-11-13-15-17-19-20-21-22-24-25-27-29-31-33-35-37-42(51)41(40-56-48-47(55)46(54)45(53)43(39-50)57-48)49-44(52)38-36-34-32-30-28-26-23-18-16-14-12-10-8-6-4-2/h6,8,12,14,18,23,28,30,41-43,45-48,50-51,53-55H,3-5,7,9-11,13,15-17,19-22,24-27,29,31-40H2,1-2H3,(H,49,52)/b8-6-,14-12-,23-18-,30-28-. The zero-order valence-corrected chi connectivity index (χ0v) is 36.3. The van der Waals surface area contributed by atoms with E-state index < -0.39 is 49.5 Å². The zero-order chi connectivity index (χ0) is 41.6. The minimum absolute atomic E-state index is 0.156. The van der Waals surface area contributed by atoms with E-state index >= 15 is 0 Å². The van der Waals surface area contributed by atoms with Crippen molar-refractivity contribution in [1.82, 2.24) is 5.32 Å². The molecule has 1 rings (SSSR count). The lowest BCUT2D eigenvalue weighted by Gasteiger charge is -2.40. The molecule has 0 aromatic carbocycles. The number of amides is 1. The van der Waals surface area contributed by atoms with Crippen molar-refractivity contribution in [3.05, 3.63) is 48.6 Å². The zero-order valence-electron chi connectivity index (χ0n) is 36.3. The second-order valence-corrected chi connectivity index (χ2v) is 16.2. The number of carbonyl (C=O) groups is 1.